The van der Waals surface area contributed by atoms with Gasteiger partial charge in [0.15, 0.2) is 6.61 Å². The molecule has 1 heterocycles. The van der Waals surface area contributed by atoms with Gasteiger partial charge in [0.2, 0.25) is 5.91 Å². The van der Waals surface area contributed by atoms with Gasteiger partial charge in [-0.05, 0) is 25.3 Å². The number of hydrogen-bond acceptors (Lipinski definition) is 4. The molecule has 2 fully saturated rings. The number of ether oxygens (including phenoxy) is 1. The topological polar surface area (TPSA) is 75.7 Å². The highest BCUT2D eigenvalue weighted by molar-refractivity contribution is 5.88. The number of carbonyl (C=O) groups excluding carboxylic acids is 3. The van der Waals surface area contributed by atoms with E-state index in [0.29, 0.717) is 6.54 Å². The molecule has 1 N–H and O–H groups in total. The third kappa shape index (κ3) is 4.42. The maximum atomic E-state index is 12.2. The van der Waals surface area contributed by atoms with Crippen molar-refractivity contribution in [3.63, 3.8) is 0 Å². The third-order valence-corrected chi connectivity index (χ3v) is 5.28. The number of likely N-dealkylation sites (tertiary alicyclic amines) is 1. The highest BCUT2D eigenvalue weighted by Gasteiger charge is 2.39. The quantitative estimate of drug-likeness (QED) is 0.791. The summed E-state index contributed by atoms with van der Waals surface area (Å²) in [7, 11) is 0. The van der Waals surface area contributed by atoms with Crippen LogP contribution in [0.3, 0.4) is 0 Å². The fraction of sp³-hybridized carbons (Fsp3) is 0.550. The van der Waals surface area contributed by atoms with Crippen LogP contribution in [0.2, 0.25) is 0 Å². The average Bonchev–Trinajstić information content (AvgIpc) is 3.29. The normalized spacial score (nSPS) is 21.7. The Labute approximate surface area is 153 Å². The summed E-state index contributed by atoms with van der Waals surface area (Å²) in [6.45, 7) is 1.98. The summed E-state index contributed by atoms with van der Waals surface area (Å²) < 4.78 is 5.15. The zero-order valence-electron chi connectivity index (χ0n) is 15.1. The van der Waals surface area contributed by atoms with E-state index in [1.807, 2.05) is 42.2 Å². The van der Waals surface area contributed by atoms with Crippen LogP contribution in [-0.2, 0) is 19.1 Å². The smallest absolute Gasteiger partial charge is 0.311 e. The van der Waals surface area contributed by atoms with E-state index in [2.05, 4.69) is 5.32 Å². The van der Waals surface area contributed by atoms with Crippen LogP contribution in [0, 0.1) is 5.92 Å². The van der Waals surface area contributed by atoms with E-state index < -0.39 is 11.9 Å². The van der Waals surface area contributed by atoms with Crippen molar-refractivity contribution < 1.29 is 19.1 Å². The summed E-state index contributed by atoms with van der Waals surface area (Å²) >= 11 is 0. The van der Waals surface area contributed by atoms with Crippen LogP contribution in [-0.4, -0.2) is 41.9 Å². The van der Waals surface area contributed by atoms with Gasteiger partial charge in [-0.15, -0.1) is 0 Å². The lowest BCUT2D eigenvalue weighted by Gasteiger charge is -2.23. The molecule has 1 aliphatic carbocycles. The molecule has 0 spiro atoms. The Balaban J connectivity index is 1.43. The molecule has 0 aromatic heterocycles. The Kier molecular flexibility index (Phi) is 5.91. The summed E-state index contributed by atoms with van der Waals surface area (Å²) in [5, 5.41) is 2.81. The SMILES string of the molecule is C[C@H](NC(=O)COC(=O)[C@H]1CC(=O)N(C2CCCC2)C1)c1ccccc1. The molecule has 140 valence electrons. The third-order valence-electron chi connectivity index (χ3n) is 5.28. The molecular formula is C20H26N2O4. The fourth-order valence-electron chi connectivity index (χ4n) is 3.82. The number of esters is 1. The molecular weight excluding hydrogens is 332 g/mol. The maximum absolute atomic E-state index is 12.2. The summed E-state index contributed by atoms with van der Waals surface area (Å²) in [6, 6.07) is 9.70. The number of hydrogen-bond donors (Lipinski definition) is 1. The van der Waals surface area contributed by atoms with Gasteiger partial charge in [-0.3, -0.25) is 14.4 Å². The number of rotatable bonds is 6. The zero-order chi connectivity index (χ0) is 18.5. The largest absolute Gasteiger partial charge is 0.455 e. The molecule has 1 aromatic rings. The molecule has 2 amide bonds. The van der Waals surface area contributed by atoms with Crippen molar-refractivity contribution in [2.45, 2.75) is 51.1 Å². The first-order valence-electron chi connectivity index (χ1n) is 9.35. The molecule has 1 saturated carbocycles. The zero-order valence-corrected chi connectivity index (χ0v) is 15.1. The Morgan fingerprint density at radius 2 is 1.92 bits per heavy atom. The summed E-state index contributed by atoms with van der Waals surface area (Å²) in [4.78, 5) is 38.2. The Morgan fingerprint density at radius 1 is 1.23 bits per heavy atom. The highest BCUT2D eigenvalue weighted by atomic mass is 16.5. The number of benzene rings is 1. The predicted octanol–water partition coefficient (Wildman–Crippen LogP) is 2.20. The molecule has 1 saturated heterocycles. The molecule has 1 aromatic carbocycles. The van der Waals surface area contributed by atoms with Gasteiger partial charge in [0.25, 0.3) is 5.91 Å². The van der Waals surface area contributed by atoms with Crippen molar-refractivity contribution in [2.24, 2.45) is 5.92 Å². The van der Waals surface area contributed by atoms with E-state index >= 15 is 0 Å². The van der Waals surface area contributed by atoms with Crippen LogP contribution in [0.25, 0.3) is 0 Å². The van der Waals surface area contributed by atoms with Gasteiger partial charge in [0.1, 0.15) is 0 Å². The number of nitrogens with zero attached hydrogens (tertiary/aromatic N) is 1. The second-order valence-electron chi connectivity index (χ2n) is 7.19. The van der Waals surface area contributed by atoms with Gasteiger partial charge in [0.05, 0.1) is 12.0 Å². The molecule has 2 atom stereocenters. The standard InChI is InChI=1S/C20H26N2O4/c1-14(15-7-3-2-4-8-15)21-18(23)13-26-20(25)16-11-19(24)22(12-16)17-9-5-6-10-17/h2-4,7-8,14,16-17H,5-6,9-13H2,1H3,(H,21,23)/t14-,16-/m0/s1. The van der Waals surface area contributed by atoms with Crippen molar-refractivity contribution in [3.05, 3.63) is 35.9 Å². The van der Waals surface area contributed by atoms with Crippen molar-refractivity contribution >= 4 is 17.8 Å². The van der Waals surface area contributed by atoms with Crippen LogP contribution in [0.15, 0.2) is 30.3 Å². The minimum atomic E-state index is -0.457. The van der Waals surface area contributed by atoms with Gasteiger partial charge < -0.3 is 15.0 Å². The molecule has 3 rings (SSSR count). The lowest BCUT2D eigenvalue weighted by atomic mass is 10.1. The first-order valence-corrected chi connectivity index (χ1v) is 9.35. The molecule has 6 nitrogen and oxygen atoms in total. The minimum absolute atomic E-state index is 0.0287. The van der Waals surface area contributed by atoms with Crippen molar-refractivity contribution in [1.29, 1.82) is 0 Å². The van der Waals surface area contributed by atoms with Gasteiger partial charge in [-0.25, -0.2) is 0 Å². The van der Waals surface area contributed by atoms with E-state index in [1.165, 1.54) is 0 Å². The van der Waals surface area contributed by atoms with Crippen molar-refractivity contribution in [3.8, 4) is 0 Å². The molecule has 0 radical (unpaired) electrons. The van der Waals surface area contributed by atoms with Gasteiger partial charge in [-0.1, -0.05) is 43.2 Å². The van der Waals surface area contributed by atoms with Crippen LogP contribution in [0.5, 0.6) is 0 Å². The lowest BCUT2D eigenvalue weighted by molar-refractivity contribution is -0.152. The highest BCUT2D eigenvalue weighted by Crippen LogP contribution is 2.29. The molecule has 6 heteroatoms. The van der Waals surface area contributed by atoms with Crippen LogP contribution >= 0.6 is 0 Å². The second kappa shape index (κ2) is 8.34. The summed E-state index contributed by atoms with van der Waals surface area (Å²) in [5.41, 5.74) is 0.987. The van der Waals surface area contributed by atoms with E-state index in [0.717, 1.165) is 31.2 Å². The van der Waals surface area contributed by atoms with Crippen molar-refractivity contribution in [1.82, 2.24) is 10.2 Å². The van der Waals surface area contributed by atoms with Gasteiger partial charge in [0, 0.05) is 19.0 Å². The predicted molar refractivity (Wildman–Crippen MR) is 96.0 cm³/mol. The summed E-state index contributed by atoms with van der Waals surface area (Å²) in [6.07, 6.45) is 4.52. The molecule has 0 bridgehead atoms. The first kappa shape index (κ1) is 18.4. The van der Waals surface area contributed by atoms with E-state index in [-0.39, 0.29) is 36.9 Å². The van der Waals surface area contributed by atoms with E-state index in [4.69, 9.17) is 4.74 Å². The monoisotopic (exact) mass is 358 g/mol. The lowest BCUT2D eigenvalue weighted by Crippen LogP contribution is -2.35. The molecule has 26 heavy (non-hydrogen) atoms. The van der Waals surface area contributed by atoms with Crippen LogP contribution in [0.4, 0.5) is 0 Å². The maximum Gasteiger partial charge on any atom is 0.311 e. The fourth-order valence-corrected chi connectivity index (χ4v) is 3.82. The van der Waals surface area contributed by atoms with Crippen molar-refractivity contribution in [2.75, 3.05) is 13.2 Å². The Hall–Kier alpha value is -2.37. The van der Waals surface area contributed by atoms with Crippen LogP contribution in [0.1, 0.15) is 50.6 Å². The van der Waals surface area contributed by atoms with Crippen LogP contribution < -0.4 is 5.32 Å². The first-order chi connectivity index (χ1) is 12.5. The number of amides is 2. The Morgan fingerprint density at radius 3 is 2.62 bits per heavy atom. The average molecular weight is 358 g/mol. The molecule has 0 unspecified atom stereocenters. The number of carbonyl (C=O) groups is 3. The van der Waals surface area contributed by atoms with E-state index in [1.54, 1.807) is 0 Å². The number of nitrogens with one attached hydrogen (secondary N) is 1. The van der Waals surface area contributed by atoms with Gasteiger partial charge in [-0.2, -0.15) is 0 Å². The van der Waals surface area contributed by atoms with Gasteiger partial charge >= 0.3 is 5.97 Å². The Bertz CT molecular complexity index is 655. The molecule has 2 aliphatic rings. The summed E-state index contributed by atoms with van der Waals surface area (Å²) in [5.74, 6) is -1.23. The molecule has 1 aliphatic heterocycles. The minimum Gasteiger partial charge on any atom is -0.455 e. The van der Waals surface area contributed by atoms with E-state index in [9.17, 15) is 14.4 Å². The second-order valence-corrected chi connectivity index (χ2v) is 7.19.